The molecule has 1 saturated heterocycles. The fourth-order valence-corrected chi connectivity index (χ4v) is 1.87. The maximum atomic E-state index is 10.8. The lowest BCUT2D eigenvalue weighted by Gasteiger charge is -2.28. The summed E-state index contributed by atoms with van der Waals surface area (Å²) in [4.78, 5) is 16.4. The fourth-order valence-electron chi connectivity index (χ4n) is 1.87. The van der Waals surface area contributed by atoms with E-state index in [2.05, 4.69) is 5.32 Å². The van der Waals surface area contributed by atoms with Crippen LogP contribution < -0.4 is 5.32 Å². The zero-order chi connectivity index (χ0) is 12.0. The van der Waals surface area contributed by atoms with Crippen LogP contribution in [0.3, 0.4) is 0 Å². The van der Waals surface area contributed by atoms with Crippen LogP contribution in [0.25, 0.3) is 0 Å². The van der Waals surface area contributed by atoms with Gasteiger partial charge in [0.2, 0.25) is 6.41 Å². The van der Waals surface area contributed by atoms with Gasteiger partial charge in [-0.2, -0.15) is 0 Å². The van der Waals surface area contributed by atoms with Crippen molar-refractivity contribution in [1.82, 2.24) is 10.4 Å². The van der Waals surface area contributed by atoms with Gasteiger partial charge in [0.05, 0.1) is 5.60 Å². The highest BCUT2D eigenvalue weighted by Gasteiger charge is 2.18. The summed E-state index contributed by atoms with van der Waals surface area (Å²) in [5.74, 6) is 0.698. The van der Waals surface area contributed by atoms with Gasteiger partial charge in [0.15, 0.2) is 0 Å². The number of hydrogen-bond acceptors (Lipinski definition) is 2. The van der Waals surface area contributed by atoms with E-state index < -0.39 is 0 Å². The quantitative estimate of drug-likeness (QED) is 0.528. The number of carbonyl (C=O) groups is 1. The van der Waals surface area contributed by atoms with Crippen LogP contribution in [0.4, 0.5) is 0 Å². The van der Waals surface area contributed by atoms with Gasteiger partial charge in [-0.05, 0) is 46.0 Å². The molecule has 1 amide bonds. The van der Waals surface area contributed by atoms with Crippen molar-refractivity contribution in [2.24, 2.45) is 5.92 Å². The second-order valence-corrected chi connectivity index (χ2v) is 5.35. The molecular formula is C12H23N2O2. The van der Waals surface area contributed by atoms with Crippen LogP contribution in [-0.4, -0.2) is 36.7 Å². The SMILES string of the molecule is CC(C)(C)ON(C=O)CCC1CC[N]CC1. The van der Waals surface area contributed by atoms with E-state index in [9.17, 15) is 4.79 Å². The van der Waals surface area contributed by atoms with E-state index in [1.165, 1.54) is 5.06 Å². The molecule has 0 atom stereocenters. The van der Waals surface area contributed by atoms with Crippen molar-refractivity contribution < 1.29 is 9.63 Å². The minimum absolute atomic E-state index is 0.303. The minimum atomic E-state index is -0.303. The third kappa shape index (κ3) is 5.47. The largest absolute Gasteiger partial charge is 0.276 e. The van der Waals surface area contributed by atoms with Crippen LogP contribution in [-0.2, 0) is 9.63 Å². The van der Waals surface area contributed by atoms with Crippen LogP contribution in [0.15, 0.2) is 0 Å². The average Bonchev–Trinajstić information content (AvgIpc) is 2.24. The van der Waals surface area contributed by atoms with Gasteiger partial charge >= 0.3 is 0 Å². The predicted octanol–water partition coefficient (Wildman–Crippen LogP) is 1.58. The monoisotopic (exact) mass is 227 g/mol. The van der Waals surface area contributed by atoms with Gasteiger partial charge in [-0.3, -0.25) is 9.63 Å². The Morgan fingerprint density at radius 1 is 1.38 bits per heavy atom. The van der Waals surface area contributed by atoms with E-state index in [0.717, 1.165) is 38.8 Å². The lowest BCUT2D eigenvalue weighted by Crippen LogP contribution is -2.35. The zero-order valence-corrected chi connectivity index (χ0v) is 10.6. The Balaban J connectivity index is 2.25. The second-order valence-electron chi connectivity index (χ2n) is 5.35. The Morgan fingerprint density at radius 3 is 2.50 bits per heavy atom. The van der Waals surface area contributed by atoms with Crippen LogP contribution in [0.2, 0.25) is 0 Å². The number of carbonyl (C=O) groups excluding carboxylic acids is 1. The summed E-state index contributed by atoms with van der Waals surface area (Å²) in [6.07, 6.45) is 4.10. The Morgan fingerprint density at radius 2 is 2.00 bits per heavy atom. The van der Waals surface area contributed by atoms with E-state index >= 15 is 0 Å². The normalized spacial score (nSPS) is 18.4. The van der Waals surface area contributed by atoms with Crippen LogP contribution in [0.1, 0.15) is 40.0 Å². The molecule has 0 aromatic heterocycles. The van der Waals surface area contributed by atoms with Gasteiger partial charge in [0.25, 0.3) is 0 Å². The molecule has 0 aromatic rings. The summed E-state index contributed by atoms with van der Waals surface area (Å²) < 4.78 is 0. The number of nitrogens with zero attached hydrogens (tertiary/aromatic N) is 2. The van der Waals surface area contributed by atoms with E-state index in [0.29, 0.717) is 12.5 Å². The standard InChI is InChI=1S/C12H23N2O2/c1-12(2,3)16-14(10-15)9-6-11-4-7-13-8-5-11/h10-11H,4-9H2,1-3H3. The number of rotatable bonds is 5. The van der Waals surface area contributed by atoms with Crippen molar-refractivity contribution in [3.8, 4) is 0 Å². The van der Waals surface area contributed by atoms with Crippen LogP contribution >= 0.6 is 0 Å². The average molecular weight is 227 g/mol. The first-order valence-electron chi connectivity index (χ1n) is 6.05. The minimum Gasteiger partial charge on any atom is -0.276 e. The maximum Gasteiger partial charge on any atom is 0.233 e. The third-order valence-corrected chi connectivity index (χ3v) is 2.66. The smallest absolute Gasteiger partial charge is 0.233 e. The van der Waals surface area contributed by atoms with Crippen molar-refractivity contribution in [2.75, 3.05) is 19.6 Å². The van der Waals surface area contributed by atoms with E-state index in [1.54, 1.807) is 0 Å². The molecule has 0 bridgehead atoms. The molecule has 0 spiro atoms. The molecule has 4 heteroatoms. The van der Waals surface area contributed by atoms with E-state index in [-0.39, 0.29) is 5.60 Å². The highest BCUT2D eigenvalue weighted by molar-refractivity contribution is 5.44. The van der Waals surface area contributed by atoms with E-state index in [4.69, 9.17) is 4.84 Å². The number of hydrogen-bond donors (Lipinski definition) is 0. The van der Waals surface area contributed by atoms with Gasteiger partial charge < -0.3 is 0 Å². The predicted molar refractivity (Wildman–Crippen MR) is 62.8 cm³/mol. The maximum absolute atomic E-state index is 10.8. The molecule has 1 rings (SSSR count). The Hall–Kier alpha value is -0.610. The summed E-state index contributed by atoms with van der Waals surface area (Å²) in [5.41, 5.74) is -0.303. The molecule has 0 N–H and O–H groups in total. The lowest BCUT2D eigenvalue weighted by atomic mass is 9.95. The Bertz CT molecular complexity index is 208. The van der Waals surface area contributed by atoms with Crippen molar-refractivity contribution in [3.05, 3.63) is 0 Å². The van der Waals surface area contributed by atoms with Gasteiger partial charge in [-0.25, -0.2) is 10.4 Å². The summed E-state index contributed by atoms with van der Waals surface area (Å²) in [6, 6.07) is 0. The summed E-state index contributed by atoms with van der Waals surface area (Å²) >= 11 is 0. The Labute approximate surface area is 98.3 Å². The molecule has 16 heavy (non-hydrogen) atoms. The van der Waals surface area contributed by atoms with E-state index in [1.807, 2.05) is 20.8 Å². The first-order valence-corrected chi connectivity index (χ1v) is 6.05. The number of amides is 1. The molecule has 93 valence electrons. The third-order valence-electron chi connectivity index (χ3n) is 2.66. The molecule has 1 aliphatic rings. The molecule has 0 saturated carbocycles. The lowest BCUT2D eigenvalue weighted by molar-refractivity contribution is -0.217. The zero-order valence-electron chi connectivity index (χ0n) is 10.6. The molecule has 1 aliphatic heterocycles. The highest BCUT2D eigenvalue weighted by atomic mass is 16.7. The summed E-state index contributed by atoms with van der Waals surface area (Å²) in [7, 11) is 0. The first kappa shape index (κ1) is 13.5. The van der Waals surface area contributed by atoms with Crippen LogP contribution in [0, 0.1) is 5.92 Å². The van der Waals surface area contributed by atoms with Gasteiger partial charge in [-0.15, -0.1) is 0 Å². The topological polar surface area (TPSA) is 43.6 Å². The van der Waals surface area contributed by atoms with Crippen molar-refractivity contribution in [2.45, 2.75) is 45.6 Å². The number of piperidine rings is 1. The Kier molecular flexibility index (Phi) is 5.22. The molecule has 0 aromatic carbocycles. The van der Waals surface area contributed by atoms with Crippen molar-refractivity contribution in [3.63, 3.8) is 0 Å². The van der Waals surface area contributed by atoms with Gasteiger partial charge in [0, 0.05) is 19.6 Å². The molecule has 1 fully saturated rings. The van der Waals surface area contributed by atoms with Crippen molar-refractivity contribution in [1.29, 1.82) is 0 Å². The van der Waals surface area contributed by atoms with Gasteiger partial charge in [-0.1, -0.05) is 0 Å². The van der Waals surface area contributed by atoms with Crippen molar-refractivity contribution >= 4 is 6.41 Å². The molecule has 0 unspecified atom stereocenters. The molecular weight excluding hydrogens is 204 g/mol. The number of hydroxylamine groups is 2. The first-order chi connectivity index (χ1) is 7.51. The van der Waals surface area contributed by atoms with Crippen LogP contribution in [0.5, 0.6) is 0 Å². The molecule has 4 nitrogen and oxygen atoms in total. The molecule has 1 heterocycles. The summed E-state index contributed by atoms with van der Waals surface area (Å²) in [5, 5.41) is 5.74. The second kappa shape index (κ2) is 6.21. The highest BCUT2D eigenvalue weighted by Crippen LogP contribution is 2.18. The summed E-state index contributed by atoms with van der Waals surface area (Å²) in [6.45, 7) is 8.48. The molecule has 0 aliphatic carbocycles. The van der Waals surface area contributed by atoms with Gasteiger partial charge in [0.1, 0.15) is 0 Å². The molecule has 1 radical (unpaired) electrons. The fraction of sp³-hybridized carbons (Fsp3) is 0.917.